The molecule has 0 aliphatic carbocycles. The van der Waals surface area contributed by atoms with Crippen molar-refractivity contribution in [3.63, 3.8) is 0 Å². The molecular weight excluding hydrogens is 350 g/mol. The Hall–Kier alpha value is -2.66. The van der Waals surface area contributed by atoms with Crippen LogP contribution in [0.1, 0.15) is 30.9 Å². The summed E-state index contributed by atoms with van der Waals surface area (Å²) in [5.41, 5.74) is 3.86. The molecule has 2 aromatic carbocycles. The van der Waals surface area contributed by atoms with E-state index in [-0.39, 0.29) is 23.8 Å². The molecule has 28 heavy (non-hydrogen) atoms. The minimum Gasteiger partial charge on any atom is -0.326 e. The number of carbonyl (C=O) groups is 2. The molecule has 0 saturated carbocycles. The van der Waals surface area contributed by atoms with E-state index in [2.05, 4.69) is 15.5 Å². The molecule has 1 fully saturated rings. The molecule has 2 aromatic rings. The molecule has 3 rings (SSSR count). The van der Waals surface area contributed by atoms with Crippen LogP contribution in [0.3, 0.4) is 0 Å². The highest BCUT2D eigenvalue weighted by Crippen LogP contribution is 2.23. The number of aryl methyl sites for hydroxylation is 2. The van der Waals surface area contributed by atoms with Crippen molar-refractivity contribution in [2.45, 2.75) is 39.7 Å². The number of likely N-dealkylation sites (tertiary alicyclic amines) is 1. The molecular formula is C23H29N3O2. The zero-order chi connectivity index (χ0) is 20.1. The van der Waals surface area contributed by atoms with Crippen LogP contribution in [0, 0.1) is 19.8 Å². The van der Waals surface area contributed by atoms with E-state index in [0.717, 1.165) is 48.4 Å². The summed E-state index contributed by atoms with van der Waals surface area (Å²) in [6, 6.07) is 15.3. The van der Waals surface area contributed by atoms with Gasteiger partial charge in [-0.25, -0.2) is 0 Å². The van der Waals surface area contributed by atoms with Crippen LogP contribution >= 0.6 is 0 Å². The Balaban J connectivity index is 1.52. The Kier molecular flexibility index (Phi) is 6.47. The number of carbonyl (C=O) groups excluding carboxylic acids is 2. The smallest absolute Gasteiger partial charge is 0.241 e. The number of amides is 2. The van der Waals surface area contributed by atoms with Crippen LogP contribution in [0.2, 0.25) is 0 Å². The number of piperidine rings is 1. The number of hydrogen-bond donors (Lipinski definition) is 2. The van der Waals surface area contributed by atoms with E-state index < -0.39 is 0 Å². The van der Waals surface area contributed by atoms with E-state index in [0.29, 0.717) is 0 Å². The Bertz CT molecular complexity index is 807. The van der Waals surface area contributed by atoms with Gasteiger partial charge >= 0.3 is 0 Å². The average Bonchev–Trinajstić information content (AvgIpc) is 2.71. The van der Waals surface area contributed by atoms with Gasteiger partial charge in [0.1, 0.15) is 0 Å². The summed E-state index contributed by atoms with van der Waals surface area (Å²) in [6.07, 6.45) is 1.53. The van der Waals surface area contributed by atoms with Gasteiger partial charge in [0, 0.05) is 17.3 Å². The van der Waals surface area contributed by atoms with Crippen molar-refractivity contribution in [2.75, 3.05) is 23.7 Å². The van der Waals surface area contributed by atoms with E-state index in [9.17, 15) is 9.59 Å². The average molecular weight is 380 g/mol. The fourth-order valence-corrected chi connectivity index (χ4v) is 3.72. The lowest BCUT2D eigenvalue weighted by Gasteiger charge is -2.34. The van der Waals surface area contributed by atoms with Crippen molar-refractivity contribution >= 4 is 23.2 Å². The van der Waals surface area contributed by atoms with Crippen LogP contribution in [-0.2, 0) is 9.59 Å². The molecule has 0 bridgehead atoms. The maximum absolute atomic E-state index is 12.7. The molecule has 1 saturated heterocycles. The molecule has 0 spiro atoms. The lowest BCUT2D eigenvalue weighted by atomic mass is 9.94. The predicted octanol–water partition coefficient (Wildman–Crippen LogP) is 3.98. The van der Waals surface area contributed by atoms with Crippen LogP contribution in [0.5, 0.6) is 0 Å². The molecule has 1 aliphatic rings. The fourth-order valence-electron chi connectivity index (χ4n) is 3.72. The molecule has 5 nitrogen and oxygen atoms in total. The van der Waals surface area contributed by atoms with E-state index in [4.69, 9.17) is 0 Å². The van der Waals surface area contributed by atoms with Crippen molar-refractivity contribution in [3.05, 3.63) is 59.7 Å². The Morgan fingerprint density at radius 1 is 0.929 bits per heavy atom. The van der Waals surface area contributed by atoms with Crippen molar-refractivity contribution in [1.82, 2.24) is 4.90 Å². The number of anilines is 2. The lowest BCUT2D eigenvalue weighted by molar-refractivity contribution is -0.123. The van der Waals surface area contributed by atoms with Gasteiger partial charge in [-0.1, -0.05) is 36.4 Å². The molecule has 0 radical (unpaired) electrons. The van der Waals surface area contributed by atoms with Crippen LogP contribution < -0.4 is 10.6 Å². The highest BCUT2D eigenvalue weighted by atomic mass is 16.2. The molecule has 2 N–H and O–H groups in total. The van der Waals surface area contributed by atoms with Crippen LogP contribution in [0.4, 0.5) is 11.4 Å². The molecule has 1 aliphatic heterocycles. The number of hydrogen-bond acceptors (Lipinski definition) is 3. The van der Waals surface area contributed by atoms with Crippen LogP contribution in [0.25, 0.3) is 0 Å². The fraction of sp³-hybridized carbons (Fsp3) is 0.391. The first-order chi connectivity index (χ1) is 13.5. The van der Waals surface area contributed by atoms with Crippen molar-refractivity contribution in [2.24, 2.45) is 5.92 Å². The van der Waals surface area contributed by atoms with Crippen molar-refractivity contribution in [3.8, 4) is 0 Å². The molecule has 2 amide bonds. The van der Waals surface area contributed by atoms with Gasteiger partial charge in [0.05, 0.1) is 6.04 Å². The number of rotatable bonds is 5. The third-order valence-corrected chi connectivity index (χ3v) is 5.60. The Labute approximate surface area is 167 Å². The predicted molar refractivity (Wildman–Crippen MR) is 113 cm³/mol. The molecule has 0 aromatic heterocycles. The van der Waals surface area contributed by atoms with Crippen LogP contribution in [-0.4, -0.2) is 35.8 Å². The minimum absolute atomic E-state index is 0.00425. The van der Waals surface area contributed by atoms with Gasteiger partial charge in [-0.05, 0) is 70.0 Å². The zero-order valence-corrected chi connectivity index (χ0v) is 16.9. The standard InChI is InChI=1S/C23H29N3O2/c1-16-8-7-9-17(2)21(16)25-22(27)18(3)26-14-12-19(13-15-26)23(28)24-20-10-5-4-6-11-20/h4-11,18-19H,12-15H2,1-3H3,(H,24,28)(H,25,27). The summed E-state index contributed by atoms with van der Waals surface area (Å²) in [5, 5.41) is 6.07. The molecule has 1 unspecified atom stereocenters. The quantitative estimate of drug-likeness (QED) is 0.826. The molecule has 148 valence electrons. The van der Waals surface area contributed by atoms with E-state index >= 15 is 0 Å². The summed E-state index contributed by atoms with van der Waals surface area (Å²) in [4.78, 5) is 27.4. The second kappa shape index (κ2) is 9.02. The van der Waals surface area contributed by atoms with E-state index in [1.165, 1.54) is 0 Å². The molecule has 1 atom stereocenters. The number of benzene rings is 2. The first-order valence-corrected chi connectivity index (χ1v) is 9.92. The second-order valence-electron chi connectivity index (χ2n) is 7.60. The topological polar surface area (TPSA) is 61.4 Å². The summed E-state index contributed by atoms with van der Waals surface area (Å²) < 4.78 is 0. The first-order valence-electron chi connectivity index (χ1n) is 9.92. The SMILES string of the molecule is Cc1cccc(C)c1NC(=O)C(C)N1CCC(C(=O)Nc2ccccc2)CC1. The number of nitrogens with zero attached hydrogens (tertiary/aromatic N) is 1. The van der Waals surface area contributed by atoms with Crippen molar-refractivity contribution < 1.29 is 9.59 Å². The van der Waals surface area contributed by atoms with Gasteiger partial charge in [-0.2, -0.15) is 0 Å². The second-order valence-corrected chi connectivity index (χ2v) is 7.60. The van der Waals surface area contributed by atoms with Gasteiger partial charge in [0.2, 0.25) is 11.8 Å². The third kappa shape index (κ3) is 4.78. The van der Waals surface area contributed by atoms with Gasteiger partial charge in [0.15, 0.2) is 0 Å². The third-order valence-electron chi connectivity index (χ3n) is 5.60. The summed E-state index contributed by atoms with van der Waals surface area (Å²) in [7, 11) is 0. The van der Waals surface area contributed by atoms with Gasteiger partial charge in [-0.3, -0.25) is 14.5 Å². The van der Waals surface area contributed by atoms with Gasteiger partial charge < -0.3 is 10.6 Å². The highest BCUT2D eigenvalue weighted by Gasteiger charge is 2.30. The summed E-state index contributed by atoms with van der Waals surface area (Å²) in [6.45, 7) is 7.43. The zero-order valence-electron chi connectivity index (χ0n) is 16.9. The highest BCUT2D eigenvalue weighted by molar-refractivity contribution is 5.96. The minimum atomic E-state index is -0.225. The summed E-state index contributed by atoms with van der Waals surface area (Å²) in [5.74, 6) is 0.0633. The van der Waals surface area contributed by atoms with E-state index in [1.807, 2.05) is 69.3 Å². The number of nitrogens with one attached hydrogen (secondary N) is 2. The lowest BCUT2D eigenvalue weighted by Crippen LogP contribution is -2.47. The van der Waals surface area contributed by atoms with Gasteiger partial charge in [0.25, 0.3) is 0 Å². The van der Waals surface area contributed by atoms with Gasteiger partial charge in [-0.15, -0.1) is 0 Å². The molecule has 1 heterocycles. The first kappa shape index (κ1) is 20.1. The molecule has 5 heteroatoms. The van der Waals surface area contributed by atoms with Crippen LogP contribution in [0.15, 0.2) is 48.5 Å². The number of para-hydroxylation sites is 2. The summed E-state index contributed by atoms with van der Waals surface area (Å²) >= 11 is 0. The Morgan fingerprint density at radius 2 is 1.54 bits per heavy atom. The maximum atomic E-state index is 12.7. The largest absolute Gasteiger partial charge is 0.326 e. The maximum Gasteiger partial charge on any atom is 0.241 e. The van der Waals surface area contributed by atoms with E-state index in [1.54, 1.807) is 0 Å². The Morgan fingerprint density at radius 3 is 2.14 bits per heavy atom. The monoisotopic (exact) mass is 379 g/mol. The van der Waals surface area contributed by atoms with Crippen molar-refractivity contribution in [1.29, 1.82) is 0 Å². The normalized spacial score (nSPS) is 16.4.